The summed E-state index contributed by atoms with van der Waals surface area (Å²) in [5.41, 5.74) is 2.02. The molecule has 20 heavy (non-hydrogen) atoms. The van der Waals surface area contributed by atoms with Gasteiger partial charge in [-0.15, -0.1) is 0 Å². The Bertz CT molecular complexity index is 586. The predicted molar refractivity (Wildman–Crippen MR) is 82.2 cm³/mol. The predicted octanol–water partition coefficient (Wildman–Crippen LogP) is 2.34. The SMILES string of the molecule is CNc1ncnc(Nc2ccccc2N(C)C)c1OC. The standard InChI is InChI=1S/C14H19N5O/c1-15-13-12(20-4)14(17-9-16-13)18-10-7-5-6-8-11(10)19(2)3/h5-9H,1-4H3,(H2,15,16,17,18). The number of anilines is 4. The van der Waals surface area contributed by atoms with Crippen LogP contribution in [0.5, 0.6) is 5.75 Å². The molecule has 6 heteroatoms. The van der Waals surface area contributed by atoms with E-state index in [2.05, 4.69) is 20.6 Å². The molecule has 106 valence electrons. The van der Waals surface area contributed by atoms with E-state index < -0.39 is 0 Å². The number of methoxy groups -OCH3 is 1. The number of hydrogen-bond donors (Lipinski definition) is 2. The highest BCUT2D eigenvalue weighted by Crippen LogP contribution is 2.33. The maximum atomic E-state index is 5.38. The van der Waals surface area contributed by atoms with Crippen LogP contribution in [0.4, 0.5) is 23.0 Å². The summed E-state index contributed by atoms with van der Waals surface area (Å²) in [4.78, 5) is 10.4. The molecule has 1 aromatic carbocycles. The van der Waals surface area contributed by atoms with E-state index >= 15 is 0 Å². The number of rotatable bonds is 5. The number of ether oxygens (including phenoxy) is 1. The average Bonchev–Trinajstić information content (AvgIpc) is 2.47. The molecule has 0 saturated heterocycles. The van der Waals surface area contributed by atoms with Gasteiger partial charge in [0.25, 0.3) is 0 Å². The molecule has 0 fully saturated rings. The molecule has 2 N–H and O–H groups in total. The summed E-state index contributed by atoms with van der Waals surface area (Å²) in [6, 6.07) is 8.00. The molecule has 0 radical (unpaired) electrons. The van der Waals surface area contributed by atoms with E-state index in [1.54, 1.807) is 14.2 Å². The average molecular weight is 273 g/mol. The zero-order chi connectivity index (χ0) is 14.5. The smallest absolute Gasteiger partial charge is 0.204 e. The maximum Gasteiger partial charge on any atom is 0.204 e. The third kappa shape index (κ3) is 2.74. The fourth-order valence-corrected chi connectivity index (χ4v) is 1.93. The van der Waals surface area contributed by atoms with Crippen molar-refractivity contribution in [1.82, 2.24) is 9.97 Å². The third-order valence-electron chi connectivity index (χ3n) is 2.88. The fraction of sp³-hybridized carbons (Fsp3) is 0.286. The van der Waals surface area contributed by atoms with Gasteiger partial charge in [0, 0.05) is 21.1 Å². The third-order valence-corrected chi connectivity index (χ3v) is 2.88. The number of hydrogen-bond acceptors (Lipinski definition) is 6. The summed E-state index contributed by atoms with van der Waals surface area (Å²) in [6.45, 7) is 0. The Labute approximate surface area is 118 Å². The Morgan fingerprint density at radius 3 is 2.45 bits per heavy atom. The van der Waals surface area contributed by atoms with Gasteiger partial charge in [0.1, 0.15) is 6.33 Å². The Balaban J connectivity index is 2.40. The fourth-order valence-electron chi connectivity index (χ4n) is 1.93. The number of nitrogens with zero attached hydrogens (tertiary/aromatic N) is 3. The summed E-state index contributed by atoms with van der Waals surface area (Å²) in [5, 5.41) is 6.27. The van der Waals surface area contributed by atoms with E-state index in [4.69, 9.17) is 4.74 Å². The molecule has 0 spiro atoms. The number of para-hydroxylation sites is 2. The van der Waals surface area contributed by atoms with Crippen molar-refractivity contribution >= 4 is 23.0 Å². The molecule has 1 heterocycles. The van der Waals surface area contributed by atoms with Crippen LogP contribution in [0, 0.1) is 0 Å². The largest absolute Gasteiger partial charge is 0.490 e. The van der Waals surface area contributed by atoms with Gasteiger partial charge in [-0.05, 0) is 12.1 Å². The molecule has 1 aromatic heterocycles. The summed E-state index contributed by atoms with van der Waals surface area (Å²) in [7, 11) is 7.39. The van der Waals surface area contributed by atoms with Gasteiger partial charge >= 0.3 is 0 Å². The van der Waals surface area contributed by atoms with Crippen LogP contribution in [0.3, 0.4) is 0 Å². The van der Waals surface area contributed by atoms with E-state index in [1.165, 1.54) is 6.33 Å². The van der Waals surface area contributed by atoms with Crippen LogP contribution in [0.25, 0.3) is 0 Å². The summed E-state index contributed by atoms with van der Waals surface area (Å²) in [5.74, 6) is 1.86. The minimum absolute atomic E-state index is 0.587. The molecule has 6 nitrogen and oxygen atoms in total. The maximum absolute atomic E-state index is 5.38. The molecule has 0 aliphatic heterocycles. The minimum Gasteiger partial charge on any atom is -0.490 e. The van der Waals surface area contributed by atoms with Crippen molar-refractivity contribution < 1.29 is 4.74 Å². The van der Waals surface area contributed by atoms with Gasteiger partial charge < -0.3 is 20.3 Å². The second kappa shape index (κ2) is 6.10. The van der Waals surface area contributed by atoms with Gasteiger partial charge in [0.15, 0.2) is 11.6 Å². The second-order valence-corrected chi connectivity index (χ2v) is 4.39. The van der Waals surface area contributed by atoms with Gasteiger partial charge in [-0.2, -0.15) is 0 Å². The molecule has 0 atom stereocenters. The van der Waals surface area contributed by atoms with Crippen molar-refractivity contribution in [3.63, 3.8) is 0 Å². The zero-order valence-electron chi connectivity index (χ0n) is 12.1. The highest BCUT2D eigenvalue weighted by molar-refractivity contribution is 5.77. The molecule has 2 aromatic rings. The van der Waals surface area contributed by atoms with Crippen molar-refractivity contribution in [2.75, 3.05) is 43.8 Å². The van der Waals surface area contributed by atoms with E-state index in [1.807, 2.05) is 43.3 Å². The molecule has 0 bridgehead atoms. The highest BCUT2D eigenvalue weighted by atomic mass is 16.5. The normalized spacial score (nSPS) is 10.0. The molecule has 0 unspecified atom stereocenters. The van der Waals surface area contributed by atoms with Crippen LogP contribution in [0.1, 0.15) is 0 Å². The van der Waals surface area contributed by atoms with Crippen LogP contribution in [-0.2, 0) is 0 Å². The van der Waals surface area contributed by atoms with Gasteiger partial charge in [0.05, 0.1) is 18.5 Å². The first-order valence-corrected chi connectivity index (χ1v) is 6.27. The van der Waals surface area contributed by atoms with Crippen molar-refractivity contribution in [3.05, 3.63) is 30.6 Å². The molecule has 2 rings (SSSR count). The van der Waals surface area contributed by atoms with Gasteiger partial charge in [-0.25, -0.2) is 9.97 Å². The Hall–Kier alpha value is -2.50. The van der Waals surface area contributed by atoms with Crippen molar-refractivity contribution in [2.24, 2.45) is 0 Å². The number of benzene rings is 1. The van der Waals surface area contributed by atoms with Crippen LogP contribution in [0.15, 0.2) is 30.6 Å². The topological polar surface area (TPSA) is 62.3 Å². The van der Waals surface area contributed by atoms with Gasteiger partial charge in [0.2, 0.25) is 5.75 Å². The van der Waals surface area contributed by atoms with Crippen molar-refractivity contribution in [2.45, 2.75) is 0 Å². The van der Waals surface area contributed by atoms with Crippen LogP contribution in [-0.4, -0.2) is 38.2 Å². The molecule has 0 amide bonds. The summed E-state index contributed by atoms with van der Waals surface area (Å²) >= 11 is 0. The lowest BCUT2D eigenvalue weighted by Gasteiger charge is -2.19. The molecule has 0 saturated carbocycles. The van der Waals surface area contributed by atoms with Crippen LogP contribution < -0.4 is 20.3 Å². The van der Waals surface area contributed by atoms with Crippen molar-refractivity contribution in [1.29, 1.82) is 0 Å². The zero-order valence-corrected chi connectivity index (χ0v) is 12.1. The van der Waals surface area contributed by atoms with E-state index in [0.717, 1.165) is 11.4 Å². The van der Waals surface area contributed by atoms with E-state index in [0.29, 0.717) is 17.4 Å². The summed E-state index contributed by atoms with van der Waals surface area (Å²) < 4.78 is 5.38. The number of aromatic nitrogens is 2. The Morgan fingerprint density at radius 2 is 1.80 bits per heavy atom. The van der Waals surface area contributed by atoms with E-state index in [-0.39, 0.29) is 0 Å². The van der Waals surface area contributed by atoms with Crippen LogP contribution in [0.2, 0.25) is 0 Å². The quantitative estimate of drug-likeness (QED) is 0.872. The molecule has 0 aliphatic rings. The lowest BCUT2D eigenvalue weighted by Crippen LogP contribution is -2.11. The first-order valence-electron chi connectivity index (χ1n) is 6.27. The first-order chi connectivity index (χ1) is 9.67. The molecular weight excluding hydrogens is 254 g/mol. The molecular formula is C14H19N5O. The summed E-state index contributed by atoms with van der Waals surface area (Å²) in [6.07, 6.45) is 1.50. The van der Waals surface area contributed by atoms with Crippen molar-refractivity contribution in [3.8, 4) is 5.75 Å². The minimum atomic E-state index is 0.587. The monoisotopic (exact) mass is 273 g/mol. The number of nitrogens with one attached hydrogen (secondary N) is 2. The molecule has 0 aliphatic carbocycles. The lowest BCUT2D eigenvalue weighted by molar-refractivity contribution is 0.415. The first kappa shape index (κ1) is 13.9. The van der Waals surface area contributed by atoms with Crippen LogP contribution >= 0.6 is 0 Å². The Morgan fingerprint density at radius 1 is 1.10 bits per heavy atom. The van der Waals surface area contributed by atoms with Gasteiger partial charge in [-0.3, -0.25) is 0 Å². The Kier molecular flexibility index (Phi) is 4.24. The lowest BCUT2D eigenvalue weighted by atomic mass is 10.2. The van der Waals surface area contributed by atoms with Gasteiger partial charge in [-0.1, -0.05) is 12.1 Å². The van der Waals surface area contributed by atoms with E-state index in [9.17, 15) is 0 Å². The highest BCUT2D eigenvalue weighted by Gasteiger charge is 2.13. The second-order valence-electron chi connectivity index (χ2n) is 4.39.